The van der Waals surface area contributed by atoms with E-state index in [9.17, 15) is 9.59 Å². The van der Waals surface area contributed by atoms with Crippen molar-refractivity contribution in [1.29, 1.82) is 0 Å². The highest BCUT2D eigenvalue weighted by Gasteiger charge is 2.35. The van der Waals surface area contributed by atoms with E-state index < -0.39 is 5.91 Å². The van der Waals surface area contributed by atoms with Crippen LogP contribution in [0, 0.1) is 23.7 Å². The van der Waals surface area contributed by atoms with Crippen LogP contribution in [0.15, 0.2) is 18.3 Å². The van der Waals surface area contributed by atoms with Crippen molar-refractivity contribution >= 4 is 11.9 Å². The number of pyridine rings is 1. The molecule has 180 valence electrons. The van der Waals surface area contributed by atoms with Gasteiger partial charge in [-0.2, -0.15) is 0 Å². The average molecular weight is 448 g/mol. The molecule has 1 aliphatic rings. The van der Waals surface area contributed by atoms with Crippen LogP contribution in [-0.4, -0.2) is 34.2 Å². The molecule has 3 N–H and O–H groups in total. The van der Waals surface area contributed by atoms with E-state index >= 15 is 0 Å². The summed E-state index contributed by atoms with van der Waals surface area (Å²) in [5, 5.41) is 12.0. The zero-order chi connectivity index (χ0) is 23.7. The van der Waals surface area contributed by atoms with Gasteiger partial charge in [0.05, 0.1) is 0 Å². The topological polar surface area (TPSA) is 101 Å². The lowest BCUT2D eigenvalue weighted by Crippen LogP contribution is -2.43. The monoisotopic (exact) mass is 447 g/mol. The minimum atomic E-state index is -0.431. The van der Waals surface area contributed by atoms with E-state index in [-0.39, 0.29) is 24.5 Å². The van der Waals surface area contributed by atoms with E-state index in [1.54, 1.807) is 11.7 Å². The van der Waals surface area contributed by atoms with Crippen molar-refractivity contribution in [3.8, 4) is 0 Å². The fourth-order valence-electron chi connectivity index (χ4n) is 4.46. The number of hydrogen-bond acceptors (Lipinski definition) is 6. The van der Waals surface area contributed by atoms with E-state index in [4.69, 9.17) is 9.94 Å². The number of aromatic nitrogens is 1. The Hall–Kier alpha value is -1.99. The van der Waals surface area contributed by atoms with Crippen LogP contribution < -0.4 is 10.8 Å². The van der Waals surface area contributed by atoms with Gasteiger partial charge in [0.15, 0.2) is 0 Å². The molecule has 0 radical (unpaired) electrons. The first kappa shape index (κ1) is 26.3. The Labute approximate surface area is 192 Å². The molecular weight excluding hydrogens is 406 g/mol. The summed E-state index contributed by atoms with van der Waals surface area (Å²) in [5.41, 5.74) is 3.37. The summed E-state index contributed by atoms with van der Waals surface area (Å²) < 4.78 is 6.10. The van der Waals surface area contributed by atoms with Crippen LogP contribution in [0.2, 0.25) is 0 Å². The number of carbonyl (C=O) groups excluding carboxylic acids is 2. The third-order valence-electron chi connectivity index (χ3n) is 6.39. The third-order valence-corrected chi connectivity index (χ3v) is 6.39. The molecule has 1 saturated carbocycles. The molecule has 4 atom stereocenters. The Morgan fingerprint density at radius 2 is 1.97 bits per heavy atom. The first-order chi connectivity index (χ1) is 15.2. The van der Waals surface area contributed by atoms with Gasteiger partial charge in [0, 0.05) is 24.9 Å². The van der Waals surface area contributed by atoms with Crippen LogP contribution in [-0.2, 0) is 27.3 Å². The summed E-state index contributed by atoms with van der Waals surface area (Å²) in [7, 11) is 0. The van der Waals surface area contributed by atoms with E-state index in [0.717, 1.165) is 30.5 Å². The molecule has 0 unspecified atom stereocenters. The number of nitrogens with one attached hydrogen (secondary N) is 2. The molecule has 1 fully saturated rings. The van der Waals surface area contributed by atoms with Gasteiger partial charge in [0.2, 0.25) is 5.91 Å². The SMILES string of the molecule is CC(C)C[C@H](NCc1ccc(CCC(=O)NO)nc1)C(=O)O[C@@H]1C[C@H](C)CC[C@H]1C(C)C. The molecule has 7 heteroatoms. The van der Waals surface area contributed by atoms with Gasteiger partial charge in [-0.15, -0.1) is 0 Å². The standard InChI is InChI=1S/C25H41N3O4/c1-16(2)12-22(25(30)32-23-13-18(5)6-10-21(23)17(3)4)27-15-19-7-8-20(26-14-19)9-11-24(29)28-31/h7-8,14,16-18,21-23,27,31H,6,9-13,15H2,1-5H3,(H,28,29)/t18-,21+,22+,23-/m1/s1. The van der Waals surface area contributed by atoms with Gasteiger partial charge < -0.3 is 10.1 Å². The lowest BCUT2D eigenvalue weighted by Gasteiger charge is -2.37. The minimum absolute atomic E-state index is 0.000201. The number of aryl methyl sites for hydroxylation is 1. The van der Waals surface area contributed by atoms with Crippen molar-refractivity contribution in [2.75, 3.05) is 0 Å². The van der Waals surface area contributed by atoms with E-state index in [1.807, 2.05) is 12.1 Å². The van der Waals surface area contributed by atoms with Crippen molar-refractivity contribution in [2.24, 2.45) is 23.7 Å². The summed E-state index contributed by atoms with van der Waals surface area (Å²) >= 11 is 0. The maximum Gasteiger partial charge on any atom is 0.323 e. The highest BCUT2D eigenvalue weighted by Crippen LogP contribution is 2.35. The average Bonchev–Trinajstić information content (AvgIpc) is 2.75. The summed E-state index contributed by atoms with van der Waals surface area (Å²) in [6.07, 6.45) is 6.39. The van der Waals surface area contributed by atoms with Gasteiger partial charge in [0.1, 0.15) is 12.1 Å². The predicted molar refractivity (Wildman–Crippen MR) is 124 cm³/mol. The fraction of sp³-hybridized carbons (Fsp3) is 0.720. The van der Waals surface area contributed by atoms with Crippen LogP contribution >= 0.6 is 0 Å². The van der Waals surface area contributed by atoms with Gasteiger partial charge in [-0.25, -0.2) is 5.48 Å². The third kappa shape index (κ3) is 8.51. The van der Waals surface area contributed by atoms with E-state index in [0.29, 0.717) is 36.6 Å². The number of nitrogens with zero attached hydrogens (tertiary/aromatic N) is 1. The van der Waals surface area contributed by atoms with Gasteiger partial charge in [-0.3, -0.25) is 19.8 Å². The zero-order valence-electron chi connectivity index (χ0n) is 20.3. The maximum atomic E-state index is 13.1. The summed E-state index contributed by atoms with van der Waals surface area (Å²) in [6.45, 7) is 11.4. The number of ether oxygens (including phenoxy) is 1. The van der Waals surface area contributed by atoms with Crippen molar-refractivity contribution in [2.45, 2.75) is 91.8 Å². The first-order valence-electron chi connectivity index (χ1n) is 12.0. The molecule has 0 aliphatic heterocycles. The number of amides is 1. The van der Waals surface area contributed by atoms with Gasteiger partial charge in [-0.1, -0.05) is 47.1 Å². The second kappa shape index (κ2) is 12.9. The Balaban J connectivity index is 1.95. The number of carbonyl (C=O) groups is 2. The molecule has 0 aromatic carbocycles. The molecule has 1 heterocycles. The number of esters is 1. The Kier molecular flexibility index (Phi) is 10.6. The fourth-order valence-corrected chi connectivity index (χ4v) is 4.46. The molecule has 32 heavy (non-hydrogen) atoms. The number of hydrogen-bond donors (Lipinski definition) is 3. The molecule has 1 aliphatic carbocycles. The maximum absolute atomic E-state index is 13.1. The molecular formula is C25H41N3O4. The molecule has 1 amide bonds. The predicted octanol–water partition coefficient (Wildman–Crippen LogP) is 4.03. The molecule has 0 bridgehead atoms. The highest BCUT2D eigenvalue weighted by molar-refractivity contribution is 5.76. The Morgan fingerprint density at radius 1 is 1.22 bits per heavy atom. The van der Waals surface area contributed by atoms with E-state index in [1.165, 1.54) is 6.42 Å². The lowest BCUT2D eigenvalue weighted by atomic mass is 9.75. The zero-order valence-corrected chi connectivity index (χ0v) is 20.3. The van der Waals surface area contributed by atoms with Crippen LogP contribution in [0.5, 0.6) is 0 Å². The molecule has 1 aromatic rings. The summed E-state index contributed by atoms with van der Waals surface area (Å²) in [4.78, 5) is 28.7. The Morgan fingerprint density at radius 3 is 2.56 bits per heavy atom. The van der Waals surface area contributed by atoms with Crippen molar-refractivity contribution in [3.05, 3.63) is 29.6 Å². The largest absolute Gasteiger partial charge is 0.461 e. The molecule has 7 nitrogen and oxygen atoms in total. The second-order valence-electron chi connectivity index (χ2n) is 10.1. The van der Waals surface area contributed by atoms with Crippen LogP contribution in [0.4, 0.5) is 0 Å². The van der Waals surface area contributed by atoms with E-state index in [2.05, 4.69) is 44.9 Å². The summed E-state index contributed by atoms with van der Waals surface area (Å²) in [5.74, 6) is 1.31. The molecule has 1 aromatic heterocycles. The van der Waals surface area contributed by atoms with Gasteiger partial charge >= 0.3 is 5.97 Å². The first-order valence-corrected chi connectivity index (χ1v) is 12.0. The highest BCUT2D eigenvalue weighted by atomic mass is 16.5. The number of hydroxylamine groups is 1. The van der Waals surface area contributed by atoms with Crippen LogP contribution in [0.1, 0.15) is 78.0 Å². The van der Waals surface area contributed by atoms with Crippen molar-refractivity contribution < 1.29 is 19.5 Å². The molecule has 0 saturated heterocycles. The lowest BCUT2D eigenvalue weighted by molar-refractivity contribution is -0.159. The second-order valence-corrected chi connectivity index (χ2v) is 10.1. The van der Waals surface area contributed by atoms with Gasteiger partial charge in [-0.05, 0) is 61.0 Å². The summed E-state index contributed by atoms with van der Waals surface area (Å²) in [6, 6.07) is 3.46. The molecule has 0 spiro atoms. The number of rotatable bonds is 11. The quantitative estimate of drug-likeness (QED) is 0.269. The van der Waals surface area contributed by atoms with Crippen molar-refractivity contribution in [3.63, 3.8) is 0 Å². The smallest absolute Gasteiger partial charge is 0.323 e. The minimum Gasteiger partial charge on any atom is -0.461 e. The van der Waals surface area contributed by atoms with Crippen molar-refractivity contribution in [1.82, 2.24) is 15.8 Å². The molecule has 2 rings (SSSR count). The van der Waals surface area contributed by atoms with Gasteiger partial charge in [0.25, 0.3) is 0 Å². The van der Waals surface area contributed by atoms with Crippen LogP contribution in [0.25, 0.3) is 0 Å². The Bertz CT molecular complexity index is 720. The normalized spacial score (nSPS) is 22.1. The van der Waals surface area contributed by atoms with Crippen LogP contribution in [0.3, 0.4) is 0 Å².